The minimum Gasteiger partial charge on any atom is -0.508 e. The standard InChI is InChI=1S/C34H51N3O5/c1-9-10-11-12-13-14-22-37(32(40)28(23(2)3)36-33(41)42-34(6,7)8)30(26-18-20-27(38)21-19-26)31(39)35-29-24(4)16-15-17-25(29)5/h15-21,23,28,30,38H,9-14,22H2,1-8H3,(H,35,39)(H,36,41). The van der Waals surface area contributed by atoms with Crippen molar-refractivity contribution in [2.75, 3.05) is 11.9 Å². The summed E-state index contributed by atoms with van der Waals surface area (Å²) in [5.74, 6) is -0.927. The molecule has 0 saturated heterocycles. The Balaban J connectivity index is 2.53. The van der Waals surface area contributed by atoms with Gasteiger partial charge >= 0.3 is 6.09 Å². The molecule has 0 spiro atoms. The number of carbonyl (C=O) groups is 3. The number of rotatable bonds is 14. The quantitative estimate of drug-likeness (QED) is 0.201. The second-order valence-electron chi connectivity index (χ2n) is 12.4. The molecule has 2 rings (SSSR count). The Hall–Kier alpha value is -3.55. The van der Waals surface area contributed by atoms with Crippen molar-refractivity contribution in [3.8, 4) is 5.75 Å². The lowest BCUT2D eigenvalue weighted by atomic mass is 9.97. The summed E-state index contributed by atoms with van der Waals surface area (Å²) in [7, 11) is 0. The Morgan fingerprint density at radius 3 is 2.02 bits per heavy atom. The molecule has 0 heterocycles. The van der Waals surface area contributed by atoms with Crippen molar-refractivity contribution < 1.29 is 24.2 Å². The van der Waals surface area contributed by atoms with Gasteiger partial charge in [-0.25, -0.2) is 4.79 Å². The summed E-state index contributed by atoms with van der Waals surface area (Å²) >= 11 is 0. The van der Waals surface area contributed by atoms with Crippen LogP contribution in [-0.2, 0) is 14.3 Å². The Morgan fingerprint density at radius 1 is 0.905 bits per heavy atom. The van der Waals surface area contributed by atoms with Gasteiger partial charge in [-0.05, 0) is 75.8 Å². The molecule has 2 aromatic rings. The van der Waals surface area contributed by atoms with Gasteiger partial charge in [-0.2, -0.15) is 0 Å². The molecule has 0 bridgehead atoms. The first-order chi connectivity index (χ1) is 19.7. The fourth-order valence-electron chi connectivity index (χ4n) is 4.89. The number of unbranched alkanes of at least 4 members (excludes halogenated alkanes) is 5. The predicted octanol–water partition coefficient (Wildman–Crippen LogP) is 7.43. The first-order valence-electron chi connectivity index (χ1n) is 15.2. The number of hydrogen-bond acceptors (Lipinski definition) is 5. The van der Waals surface area contributed by atoms with Gasteiger partial charge in [-0.3, -0.25) is 9.59 Å². The lowest BCUT2D eigenvalue weighted by molar-refractivity contribution is -0.141. The van der Waals surface area contributed by atoms with Crippen LogP contribution in [0.5, 0.6) is 5.75 Å². The molecule has 232 valence electrons. The SMILES string of the molecule is CCCCCCCCN(C(=O)C(NC(=O)OC(C)(C)C)C(C)C)C(C(=O)Nc1c(C)cccc1C)c1ccc(O)cc1. The number of nitrogens with zero attached hydrogens (tertiary/aromatic N) is 1. The molecule has 0 aromatic heterocycles. The Morgan fingerprint density at radius 2 is 1.48 bits per heavy atom. The zero-order chi connectivity index (χ0) is 31.4. The number of hydrogen-bond donors (Lipinski definition) is 3. The number of aryl methyl sites for hydroxylation is 2. The Labute approximate surface area is 252 Å². The predicted molar refractivity (Wildman–Crippen MR) is 168 cm³/mol. The zero-order valence-electron chi connectivity index (χ0n) is 26.8. The largest absolute Gasteiger partial charge is 0.508 e. The van der Waals surface area contributed by atoms with E-state index in [1.165, 1.54) is 12.1 Å². The lowest BCUT2D eigenvalue weighted by Crippen LogP contribution is -2.54. The van der Waals surface area contributed by atoms with E-state index in [2.05, 4.69) is 17.6 Å². The van der Waals surface area contributed by atoms with Gasteiger partial charge < -0.3 is 25.4 Å². The van der Waals surface area contributed by atoms with Gasteiger partial charge in [-0.15, -0.1) is 0 Å². The number of carbonyl (C=O) groups excluding carboxylic acids is 3. The smallest absolute Gasteiger partial charge is 0.408 e. The van der Waals surface area contributed by atoms with Gasteiger partial charge in [0.15, 0.2) is 0 Å². The van der Waals surface area contributed by atoms with Crippen LogP contribution in [0.4, 0.5) is 10.5 Å². The van der Waals surface area contributed by atoms with Crippen LogP contribution >= 0.6 is 0 Å². The fraction of sp³-hybridized carbons (Fsp3) is 0.559. The number of aromatic hydroxyl groups is 1. The van der Waals surface area contributed by atoms with E-state index >= 15 is 0 Å². The molecule has 0 radical (unpaired) electrons. The first-order valence-corrected chi connectivity index (χ1v) is 15.2. The molecule has 0 aliphatic rings. The molecule has 42 heavy (non-hydrogen) atoms. The van der Waals surface area contributed by atoms with Gasteiger partial charge in [0, 0.05) is 12.2 Å². The Kier molecular flexibility index (Phi) is 13.4. The molecule has 0 aliphatic heterocycles. The molecule has 2 atom stereocenters. The topological polar surface area (TPSA) is 108 Å². The molecule has 0 aliphatic carbocycles. The van der Waals surface area contributed by atoms with Gasteiger partial charge in [0.1, 0.15) is 23.4 Å². The summed E-state index contributed by atoms with van der Waals surface area (Å²) in [5, 5.41) is 15.8. The van der Waals surface area contributed by atoms with E-state index in [4.69, 9.17) is 4.74 Å². The summed E-state index contributed by atoms with van der Waals surface area (Å²) in [6, 6.07) is 10.2. The van der Waals surface area contributed by atoms with Crippen LogP contribution in [0.3, 0.4) is 0 Å². The van der Waals surface area contributed by atoms with Gasteiger partial charge in [0.2, 0.25) is 5.91 Å². The highest BCUT2D eigenvalue weighted by Gasteiger charge is 2.37. The third-order valence-electron chi connectivity index (χ3n) is 7.14. The van der Waals surface area contributed by atoms with Crippen LogP contribution < -0.4 is 10.6 Å². The number of anilines is 1. The van der Waals surface area contributed by atoms with Crippen molar-refractivity contribution in [1.82, 2.24) is 10.2 Å². The highest BCUT2D eigenvalue weighted by atomic mass is 16.6. The van der Waals surface area contributed by atoms with E-state index in [1.807, 2.05) is 45.9 Å². The molecule has 8 heteroatoms. The van der Waals surface area contributed by atoms with Crippen LogP contribution in [0.25, 0.3) is 0 Å². The third kappa shape index (κ3) is 10.7. The Bertz CT molecular complexity index is 1150. The number of phenolic OH excluding ortho intramolecular Hbond substituents is 1. The van der Waals surface area contributed by atoms with Crippen molar-refractivity contribution in [2.45, 2.75) is 112 Å². The van der Waals surface area contributed by atoms with Crippen LogP contribution in [0, 0.1) is 19.8 Å². The maximum Gasteiger partial charge on any atom is 0.408 e. The van der Waals surface area contributed by atoms with Crippen molar-refractivity contribution in [2.24, 2.45) is 5.92 Å². The summed E-state index contributed by atoms with van der Waals surface area (Å²) in [4.78, 5) is 42.9. The molecule has 8 nitrogen and oxygen atoms in total. The molecule has 2 aromatic carbocycles. The minimum absolute atomic E-state index is 0.0631. The maximum absolute atomic E-state index is 14.4. The van der Waals surface area contributed by atoms with Crippen molar-refractivity contribution >= 4 is 23.6 Å². The maximum atomic E-state index is 14.4. The number of amides is 3. The van der Waals surface area contributed by atoms with Crippen LogP contribution in [0.15, 0.2) is 42.5 Å². The van der Waals surface area contributed by atoms with Crippen molar-refractivity contribution in [3.63, 3.8) is 0 Å². The van der Waals surface area contributed by atoms with Gasteiger partial charge in [0.05, 0.1) is 0 Å². The van der Waals surface area contributed by atoms with Crippen molar-refractivity contribution in [1.29, 1.82) is 0 Å². The number of alkyl carbamates (subject to hydrolysis) is 1. The number of nitrogens with one attached hydrogen (secondary N) is 2. The summed E-state index contributed by atoms with van der Waals surface area (Å²) < 4.78 is 5.47. The van der Waals surface area contributed by atoms with E-state index in [0.29, 0.717) is 24.2 Å². The fourth-order valence-corrected chi connectivity index (χ4v) is 4.89. The molecule has 0 fully saturated rings. The summed E-state index contributed by atoms with van der Waals surface area (Å²) in [6.45, 7) is 15.4. The second kappa shape index (κ2) is 16.2. The molecule has 0 saturated carbocycles. The van der Waals surface area contributed by atoms with Crippen molar-refractivity contribution in [3.05, 3.63) is 59.2 Å². The van der Waals surface area contributed by atoms with Gasteiger partial charge in [-0.1, -0.05) is 83.2 Å². The number of benzene rings is 2. The number of para-hydroxylation sites is 1. The third-order valence-corrected chi connectivity index (χ3v) is 7.14. The lowest BCUT2D eigenvalue weighted by Gasteiger charge is -2.36. The monoisotopic (exact) mass is 581 g/mol. The number of ether oxygens (including phenoxy) is 1. The average molecular weight is 582 g/mol. The van der Waals surface area contributed by atoms with Crippen LogP contribution in [-0.4, -0.2) is 46.1 Å². The molecule has 3 amide bonds. The average Bonchev–Trinajstić information content (AvgIpc) is 2.90. The van der Waals surface area contributed by atoms with Crippen LogP contribution in [0.2, 0.25) is 0 Å². The van der Waals surface area contributed by atoms with E-state index in [0.717, 1.165) is 43.2 Å². The highest BCUT2D eigenvalue weighted by Crippen LogP contribution is 2.29. The molecular weight excluding hydrogens is 530 g/mol. The van der Waals surface area contributed by atoms with E-state index in [9.17, 15) is 19.5 Å². The second-order valence-corrected chi connectivity index (χ2v) is 12.4. The van der Waals surface area contributed by atoms with Gasteiger partial charge in [0.25, 0.3) is 5.91 Å². The highest BCUT2D eigenvalue weighted by molar-refractivity contribution is 6.00. The molecule has 2 unspecified atom stereocenters. The summed E-state index contributed by atoms with van der Waals surface area (Å²) in [5.41, 5.74) is 2.36. The van der Waals surface area contributed by atoms with E-state index in [1.54, 1.807) is 37.8 Å². The normalized spacial score (nSPS) is 12.9. The zero-order valence-corrected chi connectivity index (χ0v) is 26.8. The van der Waals surface area contributed by atoms with Crippen LogP contribution in [0.1, 0.15) is 103 Å². The van der Waals surface area contributed by atoms with E-state index in [-0.39, 0.29) is 23.5 Å². The number of phenols is 1. The molecule has 3 N–H and O–H groups in total. The minimum atomic E-state index is -0.991. The molecular formula is C34H51N3O5. The first kappa shape index (κ1) is 34.7. The van der Waals surface area contributed by atoms with E-state index < -0.39 is 23.8 Å². The summed E-state index contributed by atoms with van der Waals surface area (Å²) in [6.07, 6.45) is 5.39.